The first-order chi connectivity index (χ1) is 12.8. The van der Waals surface area contributed by atoms with Gasteiger partial charge in [-0.25, -0.2) is 9.78 Å². The van der Waals surface area contributed by atoms with Crippen LogP contribution in [-0.2, 0) is 20.7 Å². The number of nitrogens with zero attached hydrogens (tertiary/aromatic N) is 1. The van der Waals surface area contributed by atoms with Gasteiger partial charge in [-0.1, -0.05) is 31.5 Å². The monoisotopic (exact) mass is 373 g/mol. The van der Waals surface area contributed by atoms with Crippen LogP contribution < -0.4 is 0 Å². The van der Waals surface area contributed by atoms with Gasteiger partial charge in [0.2, 0.25) is 5.89 Å². The molecule has 0 atom stereocenters. The van der Waals surface area contributed by atoms with Crippen molar-refractivity contribution in [1.29, 1.82) is 0 Å². The molecule has 1 aromatic carbocycles. The van der Waals surface area contributed by atoms with Crippen LogP contribution in [-0.4, -0.2) is 35.1 Å². The molecule has 1 aliphatic heterocycles. The van der Waals surface area contributed by atoms with Crippen molar-refractivity contribution in [3.63, 3.8) is 0 Å². The van der Waals surface area contributed by atoms with E-state index in [0.717, 1.165) is 42.7 Å². The molecule has 1 saturated heterocycles. The number of oxazole rings is 1. The molecule has 0 amide bonds. The van der Waals surface area contributed by atoms with E-state index >= 15 is 0 Å². The Labute approximate surface area is 159 Å². The van der Waals surface area contributed by atoms with E-state index in [-0.39, 0.29) is 5.41 Å². The lowest BCUT2D eigenvalue weighted by molar-refractivity contribution is -0.287. The summed E-state index contributed by atoms with van der Waals surface area (Å²) in [6, 6.07) is 9.89. The van der Waals surface area contributed by atoms with Crippen molar-refractivity contribution in [2.24, 2.45) is 5.41 Å². The molecule has 0 spiro atoms. The number of carbonyl (C=O) groups is 1. The fourth-order valence-corrected chi connectivity index (χ4v) is 3.18. The molecule has 1 aliphatic rings. The minimum atomic E-state index is -1.52. The van der Waals surface area contributed by atoms with Crippen molar-refractivity contribution in [3.8, 4) is 11.5 Å². The molecule has 2 aromatic rings. The van der Waals surface area contributed by atoms with Gasteiger partial charge in [0.15, 0.2) is 0 Å². The first-order valence-electron chi connectivity index (χ1n) is 9.34. The van der Waals surface area contributed by atoms with E-state index in [1.165, 1.54) is 6.92 Å². The third kappa shape index (κ3) is 4.57. The molecule has 0 aliphatic carbocycles. The Kier molecular flexibility index (Phi) is 5.67. The standard InChI is InChI=1S/C21H27NO5/c1-15-17(22-18(27-15)16-9-5-4-6-10-16)11-7-8-12-20(2)13-25-21(3,19(23)24)26-14-20/h4-6,9-10H,7-8,11-14H2,1-3H3,(H,23,24)/t20-,21+. The van der Waals surface area contributed by atoms with Gasteiger partial charge in [0.05, 0.1) is 18.9 Å². The van der Waals surface area contributed by atoms with Crippen LogP contribution in [0.5, 0.6) is 0 Å². The number of hydrogen-bond acceptors (Lipinski definition) is 5. The molecule has 0 unspecified atom stereocenters. The Balaban J connectivity index is 1.48. The molecular weight excluding hydrogens is 346 g/mol. The van der Waals surface area contributed by atoms with Crippen molar-refractivity contribution in [1.82, 2.24) is 4.98 Å². The van der Waals surface area contributed by atoms with Crippen molar-refractivity contribution < 1.29 is 23.8 Å². The highest BCUT2D eigenvalue weighted by Gasteiger charge is 2.44. The van der Waals surface area contributed by atoms with Gasteiger partial charge in [-0.05, 0) is 38.3 Å². The Hall–Kier alpha value is -2.18. The van der Waals surface area contributed by atoms with Gasteiger partial charge >= 0.3 is 5.97 Å². The van der Waals surface area contributed by atoms with E-state index < -0.39 is 11.8 Å². The van der Waals surface area contributed by atoms with Gasteiger partial charge < -0.3 is 19.0 Å². The predicted molar refractivity (Wildman–Crippen MR) is 100 cm³/mol. The summed E-state index contributed by atoms with van der Waals surface area (Å²) in [4.78, 5) is 15.8. The average Bonchev–Trinajstić information content (AvgIpc) is 3.03. The minimum absolute atomic E-state index is 0.164. The molecule has 1 fully saturated rings. The molecule has 1 aromatic heterocycles. The van der Waals surface area contributed by atoms with Crippen LogP contribution in [0.15, 0.2) is 34.7 Å². The van der Waals surface area contributed by atoms with Crippen molar-refractivity contribution in [2.45, 2.75) is 52.2 Å². The maximum atomic E-state index is 11.2. The Bertz CT molecular complexity index is 775. The van der Waals surface area contributed by atoms with Gasteiger partial charge in [-0.3, -0.25) is 0 Å². The number of rotatable bonds is 7. The highest BCUT2D eigenvalue weighted by molar-refractivity contribution is 5.75. The molecule has 6 heteroatoms. The SMILES string of the molecule is Cc1oc(-c2ccccc2)nc1CCCC[C@]1(C)CO[C@](C)(C(=O)O)OC1. The third-order valence-corrected chi connectivity index (χ3v) is 5.14. The third-order valence-electron chi connectivity index (χ3n) is 5.14. The second kappa shape index (κ2) is 7.82. The fraction of sp³-hybridized carbons (Fsp3) is 0.524. The minimum Gasteiger partial charge on any atom is -0.477 e. The zero-order valence-corrected chi connectivity index (χ0v) is 16.2. The Morgan fingerprint density at radius 1 is 1.15 bits per heavy atom. The zero-order valence-electron chi connectivity index (χ0n) is 16.2. The van der Waals surface area contributed by atoms with Crippen LogP contribution in [0.4, 0.5) is 0 Å². The number of aromatic nitrogens is 1. The van der Waals surface area contributed by atoms with Crippen molar-refractivity contribution in [2.75, 3.05) is 13.2 Å². The number of ether oxygens (including phenoxy) is 2. The molecular formula is C21H27NO5. The van der Waals surface area contributed by atoms with E-state index in [0.29, 0.717) is 19.1 Å². The number of hydrogen-bond donors (Lipinski definition) is 1. The van der Waals surface area contributed by atoms with E-state index in [1.807, 2.05) is 37.3 Å². The maximum Gasteiger partial charge on any atom is 0.364 e. The molecule has 2 heterocycles. The summed E-state index contributed by atoms with van der Waals surface area (Å²) in [6.45, 7) is 6.25. The molecule has 6 nitrogen and oxygen atoms in total. The van der Waals surface area contributed by atoms with E-state index in [1.54, 1.807) is 0 Å². The lowest BCUT2D eigenvalue weighted by Crippen LogP contribution is -2.51. The zero-order chi connectivity index (χ0) is 19.5. The van der Waals surface area contributed by atoms with Crippen molar-refractivity contribution in [3.05, 3.63) is 41.8 Å². The van der Waals surface area contributed by atoms with E-state index in [4.69, 9.17) is 19.0 Å². The first-order valence-corrected chi connectivity index (χ1v) is 9.34. The smallest absolute Gasteiger partial charge is 0.364 e. The predicted octanol–water partition coefficient (Wildman–Crippen LogP) is 4.22. The van der Waals surface area contributed by atoms with Gasteiger partial charge in [0, 0.05) is 17.9 Å². The van der Waals surface area contributed by atoms with Crippen LogP contribution in [0.3, 0.4) is 0 Å². The molecule has 27 heavy (non-hydrogen) atoms. The quantitative estimate of drug-likeness (QED) is 0.732. The molecule has 0 bridgehead atoms. The summed E-state index contributed by atoms with van der Waals surface area (Å²) in [5, 5.41) is 9.15. The van der Waals surface area contributed by atoms with Gasteiger partial charge in [0.1, 0.15) is 5.76 Å². The maximum absolute atomic E-state index is 11.2. The van der Waals surface area contributed by atoms with Crippen LogP contribution >= 0.6 is 0 Å². The highest BCUT2D eigenvalue weighted by atomic mass is 16.7. The highest BCUT2D eigenvalue weighted by Crippen LogP contribution is 2.34. The molecule has 0 radical (unpaired) electrons. The molecule has 3 rings (SSSR count). The number of unbranched alkanes of at least 4 members (excludes halogenated alkanes) is 1. The molecule has 0 saturated carbocycles. The summed E-state index contributed by atoms with van der Waals surface area (Å²) < 4.78 is 16.8. The van der Waals surface area contributed by atoms with Gasteiger partial charge in [0.25, 0.3) is 5.79 Å². The number of benzene rings is 1. The summed E-state index contributed by atoms with van der Waals surface area (Å²) >= 11 is 0. The number of carboxylic acids is 1. The Morgan fingerprint density at radius 3 is 2.44 bits per heavy atom. The average molecular weight is 373 g/mol. The summed E-state index contributed by atoms with van der Waals surface area (Å²) in [6.07, 6.45) is 3.73. The lowest BCUT2D eigenvalue weighted by Gasteiger charge is -2.40. The van der Waals surface area contributed by atoms with Crippen LogP contribution in [0.25, 0.3) is 11.5 Å². The second-order valence-electron chi connectivity index (χ2n) is 7.73. The number of aryl methyl sites for hydroxylation is 2. The van der Waals surface area contributed by atoms with Gasteiger partial charge in [-0.15, -0.1) is 0 Å². The summed E-state index contributed by atoms with van der Waals surface area (Å²) in [5.74, 6) is -1.08. The molecule has 1 N–H and O–H groups in total. The topological polar surface area (TPSA) is 81.8 Å². The first kappa shape index (κ1) is 19.6. The fourth-order valence-electron chi connectivity index (χ4n) is 3.18. The summed E-state index contributed by atoms with van der Waals surface area (Å²) in [7, 11) is 0. The molecule has 146 valence electrons. The number of carboxylic acid groups (broad SMARTS) is 1. The largest absolute Gasteiger partial charge is 0.477 e. The van der Waals surface area contributed by atoms with Crippen molar-refractivity contribution >= 4 is 5.97 Å². The Morgan fingerprint density at radius 2 is 1.81 bits per heavy atom. The van der Waals surface area contributed by atoms with Gasteiger partial charge in [-0.2, -0.15) is 0 Å². The summed E-state index contributed by atoms with van der Waals surface area (Å²) in [5.41, 5.74) is 1.81. The van der Waals surface area contributed by atoms with Crippen LogP contribution in [0.2, 0.25) is 0 Å². The van der Waals surface area contributed by atoms with Crippen LogP contribution in [0.1, 0.15) is 44.6 Å². The second-order valence-corrected chi connectivity index (χ2v) is 7.73. The number of aliphatic carboxylic acids is 1. The lowest BCUT2D eigenvalue weighted by atomic mass is 9.85. The normalized spacial score (nSPS) is 25.4. The van der Waals surface area contributed by atoms with E-state index in [2.05, 4.69) is 11.9 Å². The van der Waals surface area contributed by atoms with E-state index in [9.17, 15) is 4.79 Å². The van der Waals surface area contributed by atoms with Crippen LogP contribution in [0, 0.1) is 12.3 Å².